The van der Waals surface area contributed by atoms with E-state index in [1.165, 1.54) is 23.9 Å². The first kappa shape index (κ1) is 15.3. The number of ether oxygens (including phenoxy) is 1. The van der Waals surface area contributed by atoms with Crippen molar-refractivity contribution in [2.75, 3.05) is 24.5 Å². The fraction of sp³-hybridized carbons (Fsp3) is 0.308. The van der Waals surface area contributed by atoms with Gasteiger partial charge >= 0.3 is 0 Å². The normalized spacial score (nSPS) is 11.3. The van der Waals surface area contributed by atoms with E-state index >= 15 is 0 Å². The number of sulfonamides is 1. The number of nitrogens with two attached hydrogens (primary N) is 1. The van der Waals surface area contributed by atoms with Crippen LogP contribution < -0.4 is 14.8 Å². The van der Waals surface area contributed by atoms with Crippen LogP contribution in [0.15, 0.2) is 41.8 Å². The maximum atomic E-state index is 12.7. The quantitative estimate of drug-likeness (QED) is 0.793. The summed E-state index contributed by atoms with van der Waals surface area (Å²) in [6.07, 6.45) is 3.16. The van der Waals surface area contributed by atoms with Gasteiger partial charge in [0, 0.05) is 12.6 Å². The Balaban J connectivity index is 2.43. The van der Waals surface area contributed by atoms with Gasteiger partial charge in [-0.15, -0.1) is 0 Å². The second kappa shape index (κ2) is 6.59. The molecule has 0 aliphatic heterocycles. The summed E-state index contributed by atoms with van der Waals surface area (Å²) in [6.45, 7) is 0.685. The van der Waals surface area contributed by atoms with Gasteiger partial charge in [0.15, 0.2) is 5.03 Å². The summed E-state index contributed by atoms with van der Waals surface area (Å²) < 4.78 is 31.8. The maximum absolute atomic E-state index is 12.7. The second-order valence-electron chi connectivity index (χ2n) is 4.34. The summed E-state index contributed by atoms with van der Waals surface area (Å²) >= 11 is 0. The third kappa shape index (κ3) is 3.34. The van der Waals surface area contributed by atoms with Crippen molar-refractivity contribution in [1.82, 2.24) is 9.97 Å². The van der Waals surface area contributed by atoms with Crippen molar-refractivity contribution in [3.8, 4) is 5.75 Å². The van der Waals surface area contributed by atoms with Gasteiger partial charge < -0.3 is 15.5 Å². The molecule has 1 aromatic heterocycles. The molecule has 2 aromatic rings. The number of benzene rings is 1. The van der Waals surface area contributed by atoms with E-state index < -0.39 is 10.0 Å². The van der Waals surface area contributed by atoms with Crippen molar-refractivity contribution in [3.63, 3.8) is 0 Å². The minimum absolute atomic E-state index is 0.0438. The first-order valence-corrected chi connectivity index (χ1v) is 7.89. The van der Waals surface area contributed by atoms with Crippen LogP contribution in [0.25, 0.3) is 0 Å². The lowest BCUT2D eigenvalue weighted by Crippen LogP contribution is -2.33. The van der Waals surface area contributed by atoms with E-state index in [-0.39, 0.29) is 11.6 Å². The molecule has 0 saturated carbocycles. The Morgan fingerprint density at radius 2 is 2.24 bits per heavy atom. The SMILES string of the molecule is COc1cccc(N(CCCN)S(=O)(=O)c2cnc[nH]2)c1. The van der Waals surface area contributed by atoms with Crippen LogP contribution >= 0.6 is 0 Å². The number of anilines is 1. The lowest BCUT2D eigenvalue weighted by atomic mass is 10.3. The molecule has 21 heavy (non-hydrogen) atoms. The fourth-order valence-corrected chi connectivity index (χ4v) is 3.29. The van der Waals surface area contributed by atoms with Crippen molar-refractivity contribution in [2.24, 2.45) is 5.73 Å². The predicted molar refractivity (Wildman–Crippen MR) is 79.8 cm³/mol. The molecule has 8 heteroatoms. The summed E-state index contributed by atoms with van der Waals surface area (Å²) in [5.41, 5.74) is 6.03. The van der Waals surface area contributed by atoms with Crippen molar-refractivity contribution in [2.45, 2.75) is 11.4 Å². The Hall–Kier alpha value is -2.06. The first-order valence-electron chi connectivity index (χ1n) is 6.45. The Kier molecular flexibility index (Phi) is 4.81. The topological polar surface area (TPSA) is 101 Å². The number of aromatic amines is 1. The lowest BCUT2D eigenvalue weighted by molar-refractivity contribution is 0.415. The number of methoxy groups -OCH3 is 1. The first-order chi connectivity index (χ1) is 10.1. The molecule has 0 bridgehead atoms. The van der Waals surface area contributed by atoms with E-state index in [4.69, 9.17) is 10.5 Å². The third-order valence-electron chi connectivity index (χ3n) is 2.95. The molecule has 0 aliphatic rings. The van der Waals surface area contributed by atoms with E-state index in [0.717, 1.165) is 0 Å². The molecule has 2 rings (SSSR count). The van der Waals surface area contributed by atoms with Crippen LogP contribution in [0, 0.1) is 0 Å². The molecule has 0 amide bonds. The molecule has 0 aliphatic carbocycles. The highest BCUT2D eigenvalue weighted by atomic mass is 32.2. The molecule has 0 unspecified atom stereocenters. The molecule has 114 valence electrons. The standard InChI is InChI=1S/C13H18N4O3S/c1-20-12-5-2-4-11(8-12)17(7-3-6-14)21(18,19)13-9-15-10-16-13/h2,4-5,8-10H,3,6-7,14H2,1H3,(H,15,16). The van der Waals surface area contributed by atoms with Crippen LogP contribution in [-0.4, -0.2) is 38.6 Å². The summed E-state index contributed by atoms with van der Waals surface area (Å²) in [5.74, 6) is 0.588. The number of hydrogen-bond donors (Lipinski definition) is 2. The molecule has 0 fully saturated rings. The van der Waals surface area contributed by atoms with Crippen LogP contribution in [0.3, 0.4) is 0 Å². The Bertz CT molecular complexity index is 670. The van der Waals surface area contributed by atoms with Gasteiger partial charge in [-0.1, -0.05) is 6.07 Å². The van der Waals surface area contributed by atoms with E-state index in [0.29, 0.717) is 24.4 Å². The summed E-state index contributed by atoms with van der Waals surface area (Å²) in [4.78, 5) is 6.40. The molecule has 0 saturated heterocycles. The molecule has 7 nitrogen and oxygen atoms in total. The second-order valence-corrected chi connectivity index (χ2v) is 6.17. The number of rotatable bonds is 7. The van der Waals surface area contributed by atoms with E-state index in [1.807, 2.05) is 0 Å². The van der Waals surface area contributed by atoms with E-state index in [9.17, 15) is 8.42 Å². The van der Waals surface area contributed by atoms with E-state index in [2.05, 4.69) is 9.97 Å². The lowest BCUT2D eigenvalue weighted by Gasteiger charge is -2.23. The van der Waals surface area contributed by atoms with Crippen molar-refractivity contribution in [3.05, 3.63) is 36.8 Å². The zero-order chi connectivity index (χ0) is 15.3. The van der Waals surface area contributed by atoms with Gasteiger partial charge in [0.25, 0.3) is 10.0 Å². The highest BCUT2D eigenvalue weighted by molar-refractivity contribution is 7.92. The van der Waals surface area contributed by atoms with Gasteiger partial charge in [-0.3, -0.25) is 4.31 Å². The van der Waals surface area contributed by atoms with Gasteiger partial charge in [0.1, 0.15) is 5.75 Å². The van der Waals surface area contributed by atoms with Crippen molar-refractivity contribution < 1.29 is 13.2 Å². The smallest absolute Gasteiger partial charge is 0.281 e. The van der Waals surface area contributed by atoms with Crippen LogP contribution in [0.1, 0.15) is 6.42 Å². The van der Waals surface area contributed by atoms with Crippen LogP contribution in [0.4, 0.5) is 5.69 Å². The molecule has 0 atom stereocenters. The largest absolute Gasteiger partial charge is 0.497 e. The van der Waals surface area contributed by atoms with Crippen LogP contribution in [0.2, 0.25) is 0 Å². The number of H-pyrrole nitrogens is 1. The average Bonchev–Trinajstić information content (AvgIpc) is 3.03. The minimum atomic E-state index is -3.70. The number of aromatic nitrogens is 2. The third-order valence-corrected chi connectivity index (χ3v) is 4.70. The molecule has 3 N–H and O–H groups in total. The van der Waals surface area contributed by atoms with Gasteiger partial charge in [0.2, 0.25) is 0 Å². The highest BCUT2D eigenvalue weighted by Gasteiger charge is 2.26. The minimum Gasteiger partial charge on any atom is -0.497 e. The molecule has 1 aromatic carbocycles. The van der Waals surface area contributed by atoms with Crippen LogP contribution in [0.5, 0.6) is 5.75 Å². The van der Waals surface area contributed by atoms with Gasteiger partial charge in [-0.05, 0) is 25.1 Å². The molecular weight excluding hydrogens is 292 g/mol. The van der Waals surface area contributed by atoms with Crippen LogP contribution in [-0.2, 0) is 10.0 Å². The summed E-state index contributed by atoms with van der Waals surface area (Å²) in [5, 5.41) is 0.0438. The Morgan fingerprint density at radius 1 is 1.43 bits per heavy atom. The van der Waals surface area contributed by atoms with Gasteiger partial charge in [-0.2, -0.15) is 8.42 Å². The van der Waals surface area contributed by atoms with Gasteiger partial charge in [-0.25, -0.2) is 4.98 Å². The Morgan fingerprint density at radius 3 is 2.86 bits per heavy atom. The molecule has 0 spiro atoms. The van der Waals surface area contributed by atoms with E-state index in [1.54, 1.807) is 24.3 Å². The fourth-order valence-electron chi connectivity index (χ4n) is 1.89. The number of imidazole rings is 1. The van der Waals surface area contributed by atoms with Gasteiger partial charge in [0.05, 0.1) is 25.3 Å². The monoisotopic (exact) mass is 310 g/mol. The summed E-state index contributed by atoms with van der Waals surface area (Å²) in [6, 6.07) is 6.89. The molecular formula is C13H18N4O3S. The number of nitrogens with zero attached hydrogens (tertiary/aromatic N) is 2. The average molecular weight is 310 g/mol. The highest BCUT2D eigenvalue weighted by Crippen LogP contribution is 2.26. The Labute approximate surface area is 123 Å². The van der Waals surface area contributed by atoms with Crippen molar-refractivity contribution >= 4 is 15.7 Å². The molecule has 0 radical (unpaired) electrons. The number of nitrogens with one attached hydrogen (secondary N) is 1. The zero-order valence-electron chi connectivity index (χ0n) is 11.7. The molecule has 1 heterocycles. The summed E-state index contributed by atoms with van der Waals surface area (Å²) in [7, 11) is -2.17. The number of hydrogen-bond acceptors (Lipinski definition) is 5. The van der Waals surface area contributed by atoms with Crippen molar-refractivity contribution in [1.29, 1.82) is 0 Å². The zero-order valence-corrected chi connectivity index (χ0v) is 12.5. The predicted octanol–water partition coefficient (Wildman–Crippen LogP) is 0.962. The maximum Gasteiger partial charge on any atom is 0.281 e.